The molecule has 0 aliphatic rings. The van der Waals surface area contributed by atoms with Gasteiger partial charge in [0.05, 0.1) is 6.54 Å². The van der Waals surface area contributed by atoms with Crippen molar-refractivity contribution in [2.75, 3.05) is 6.54 Å². The third-order valence-electron chi connectivity index (χ3n) is 0.175. The van der Waals surface area contributed by atoms with Crippen LogP contribution < -0.4 is 5.73 Å². The van der Waals surface area contributed by atoms with Crippen molar-refractivity contribution in [3.05, 3.63) is 0 Å². The molecule has 0 radical (unpaired) electrons. The summed E-state index contributed by atoms with van der Waals surface area (Å²) in [5, 5.41) is 22.9. The molecular formula is C3H8NNaO4. The van der Waals surface area contributed by atoms with E-state index in [0.717, 1.165) is 0 Å². The fraction of sp³-hybridized carbons (Fsp3) is 0.667. The molecule has 0 fully saturated rings. The number of hydrogen-bond donors (Lipinski definition) is 4. The van der Waals surface area contributed by atoms with Gasteiger partial charge in [-0.2, -0.15) is 0 Å². The molecule has 0 amide bonds. The predicted octanol–water partition coefficient (Wildman–Crippen LogP) is -2.55. The maximum absolute atomic E-state index is 9.24. The molecule has 5 N–H and O–H groups in total. The molecule has 6 heteroatoms. The fourth-order valence-corrected chi connectivity index (χ4v) is 0. The van der Waals surface area contributed by atoms with Crippen molar-refractivity contribution in [2.45, 2.75) is 3.54 Å². The van der Waals surface area contributed by atoms with Gasteiger partial charge in [-0.05, 0) is 0 Å². The van der Waals surface area contributed by atoms with Gasteiger partial charge in [0.2, 0.25) is 0 Å². The van der Waals surface area contributed by atoms with Gasteiger partial charge in [-0.1, -0.05) is 0 Å². The van der Waals surface area contributed by atoms with E-state index in [1.165, 1.54) is 0 Å². The molecule has 0 aliphatic heterocycles. The van der Waals surface area contributed by atoms with Crippen molar-refractivity contribution < 1.29 is 20.1 Å². The maximum atomic E-state index is 9.24. The molecule has 0 unspecified atom stereocenters. The van der Waals surface area contributed by atoms with Crippen molar-refractivity contribution in [2.24, 2.45) is 5.73 Å². The van der Waals surface area contributed by atoms with Crippen LogP contribution in [0.3, 0.4) is 0 Å². The molecule has 50 valence electrons. The summed E-state index contributed by atoms with van der Waals surface area (Å²) in [6.45, 7) is -0.278. The van der Waals surface area contributed by atoms with Crippen LogP contribution in [0, 0.1) is 0 Å². The van der Waals surface area contributed by atoms with Crippen molar-refractivity contribution in [1.29, 1.82) is 0 Å². The molecule has 0 spiro atoms. The SMILES string of the molecule is NCC(=O)O.O[CH](O)[Na]. The molecule has 0 aromatic carbocycles. The van der Waals surface area contributed by atoms with Gasteiger partial charge < -0.3 is 10.8 Å². The first-order valence-corrected chi connectivity index (χ1v) is 3.44. The first-order chi connectivity index (χ1) is 4.00. The first kappa shape index (κ1) is 12.1. The summed E-state index contributed by atoms with van der Waals surface area (Å²) in [6.07, 6.45) is 0. The molecule has 9 heavy (non-hydrogen) atoms. The second-order valence-corrected chi connectivity index (χ2v) is 2.26. The number of carboxylic acids is 1. The van der Waals surface area contributed by atoms with E-state index in [0.29, 0.717) is 27.9 Å². The molecule has 0 saturated heterocycles. The number of hydrogen-bond acceptors (Lipinski definition) is 4. The molecule has 0 aromatic heterocycles. The van der Waals surface area contributed by atoms with E-state index in [2.05, 4.69) is 5.73 Å². The van der Waals surface area contributed by atoms with Gasteiger partial charge in [-0.25, -0.2) is 0 Å². The minimum absolute atomic E-state index is 0.278. The van der Waals surface area contributed by atoms with Crippen molar-refractivity contribution in [3.63, 3.8) is 0 Å². The van der Waals surface area contributed by atoms with Crippen LogP contribution in [0.15, 0.2) is 0 Å². The first-order valence-electron chi connectivity index (χ1n) is 2.28. The number of aliphatic hydroxyl groups is 2. The Labute approximate surface area is 69.9 Å². The van der Waals surface area contributed by atoms with Crippen LogP contribution in [0.2, 0.25) is 0 Å². The summed E-state index contributed by atoms with van der Waals surface area (Å²) < 4.78 is -1.03. The summed E-state index contributed by atoms with van der Waals surface area (Å²) in [4.78, 5) is 9.24. The van der Waals surface area contributed by atoms with Crippen LogP contribution in [0.5, 0.6) is 0 Å². The zero-order chi connectivity index (χ0) is 7.86. The number of aliphatic carboxylic acids is 1. The molecule has 0 saturated carbocycles. The van der Waals surface area contributed by atoms with Crippen LogP contribution in [0.1, 0.15) is 0 Å². The molecule has 5 nitrogen and oxygen atoms in total. The fourth-order valence-electron chi connectivity index (χ4n) is 0. The van der Waals surface area contributed by atoms with Gasteiger partial charge in [0.25, 0.3) is 0 Å². The molecule has 0 atom stereocenters. The average molecular weight is 145 g/mol. The number of rotatable bonds is 1. The van der Waals surface area contributed by atoms with E-state index >= 15 is 0 Å². The van der Waals surface area contributed by atoms with E-state index in [4.69, 9.17) is 15.3 Å². The molecule has 0 bridgehead atoms. The minimum atomic E-state index is -1.03. The number of carboxylic acid groups (broad SMARTS) is 1. The molecule has 0 aromatic rings. The predicted molar refractivity (Wildman–Crippen MR) is 30.7 cm³/mol. The summed E-state index contributed by atoms with van der Waals surface area (Å²) in [5.74, 6) is -0.968. The second kappa shape index (κ2) is 8.35. The Morgan fingerprint density at radius 1 is 1.67 bits per heavy atom. The van der Waals surface area contributed by atoms with E-state index < -0.39 is 9.51 Å². The third kappa shape index (κ3) is 61.0. The van der Waals surface area contributed by atoms with Crippen LogP contribution >= 0.6 is 0 Å². The molecular weight excluding hydrogens is 137 g/mol. The molecule has 0 aliphatic carbocycles. The monoisotopic (exact) mass is 145 g/mol. The third-order valence-corrected chi connectivity index (χ3v) is 0.175. The Hall–Kier alpha value is 0.350. The Morgan fingerprint density at radius 3 is 1.78 bits per heavy atom. The Bertz CT molecular complexity index is 73.5. The van der Waals surface area contributed by atoms with Gasteiger partial charge in [0, 0.05) is 0 Å². The van der Waals surface area contributed by atoms with E-state index in [-0.39, 0.29) is 6.54 Å². The normalized spacial score (nSPS) is 8.22. The van der Waals surface area contributed by atoms with Gasteiger partial charge >= 0.3 is 47.7 Å². The van der Waals surface area contributed by atoms with E-state index in [1.807, 2.05) is 0 Å². The second-order valence-electron chi connectivity index (χ2n) is 1.23. The Balaban J connectivity index is 0. The Morgan fingerprint density at radius 2 is 1.78 bits per heavy atom. The number of aliphatic hydroxyl groups excluding tert-OH is 1. The topological polar surface area (TPSA) is 104 Å². The summed E-state index contributed by atoms with van der Waals surface area (Å²) in [7, 11) is 0. The van der Waals surface area contributed by atoms with Gasteiger partial charge in [0.15, 0.2) is 0 Å². The van der Waals surface area contributed by atoms with Crippen LogP contribution in [0.4, 0.5) is 0 Å². The van der Waals surface area contributed by atoms with Crippen LogP contribution in [-0.4, -0.2) is 59.3 Å². The zero-order valence-corrected chi connectivity index (χ0v) is 7.11. The van der Waals surface area contributed by atoms with Crippen LogP contribution in [0.25, 0.3) is 0 Å². The average Bonchev–Trinajstić information content (AvgIpc) is 1.65. The number of nitrogens with two attached hydrogens (primary N) is 1. The summed E-state index contributed by atoms with van der Waals surface area (Å²) in [5.41, 5.74) is 4.57. The van der Waals surface area contributed by atoms with Gasteiger partial charge in [0.1, 0.15) is 0 Å². The summed E-state index contributed by atoms with van der Waals surface area (Å²) in [6, 6.07) is 0. The molecule has 0 heterocycles. The standard InChI is InChI=1S/C2H5NO2.CH3O2.Na/c3-1-2(4)5;2-1-3;/h1,3H2,(H,4,5);1-3H;. The van der Waals surface area contributed by atoms with Gasteiger partial charge in [-0.15, -0.1) is 0 Å². The quantitative estimate of drug-likeness (QED) is 0.240. The van der Waals surface area contributed by atoms with Crippen molar-refractivity contribution >= 4 is 33.9 Å². The van der Waals surface area contributed by atoms with Crippen LogP contribution in [-0.2, 0) is 4.79 Å². The van der Waals surface area contributed by atoms with E-state index in [9.17, 15) is 4.79 Å². The number of carbonyl (C=O) groups is 1. The summed E-state index contributed by atoms with van der Waals surface area (Å²) >= 11 is 0.460. The molecule has 0 rings (SSSR count). The van der Waals surface area contributed by atoms with Crippen molar-refractivity contribution in [1.82, 2.24) is 0 Å². The van der Waals surface area contributed by atoms with E-state index in [1.54, 1.807) is 0 Å². The van der Waals surface area contributed by atoms with Crippen molar-refractivity contribution in [3.8, 4) is 0 Å². The zero-order valence-electron chi connectivity index (χ0n) is 5.11. The Kier molecular flexibility index (Phi) is 11.2. The van der Waals surface area contributed by atoms with Gasteiger partial charge in [-0.3, -0.25) is 4.79 Å².